The Labute approximate surface area is 121 Å². The minimum absolute atomic E-state index is 0.0250. The molecule has 0 aliphatic carbocycles. The molecule has 0 saturated heterocycles. The van der Waals surface area contributed by atoms with Gasteiger partial charge in [-0.3, -0.25) is 4.79 Å². The monoisotopic (exact) mass is 280 g/mol. The summed E-state index contributed by atoms with van der Waals surface area (Å²) in [5, 5.41) is 2.68. The lowest BCUT2D eigenvalue weighted by atomic mass is 10.1. The first kappa shape index (κ1) is 16.1. The first-order valence-corrected chi connectivity index (χ1v) is 7.25. The molecule has 0 heterocycles. The molecule has 0 aliphatic heterocycles. The summed E-state index contributed by atoms with van der Waals surface area (Å²) in [6.45, 7) is 1.79. The molecule has 106 valence electrons. The summed E-state index contributed by atoms with van der Waals surface area (Å²) in [5.41, 5.74) is 1.14. The normalized spacial score (nSPS) is 12.4. The molecule has 0 aromatic heterocycles. The van der Waals surface area contributed by atoms with Crippen LogP contribution in [0.3, 0.4) is 0 Å². The number of benzene rings is 1. The van der Waals surface area contributed by atoms with Gasteiger partial charge in [-0.25, -0.2) is 0 Å². The highest BCUT2D eigenvalue weighted by atomic mass is 32.1. The Morgan fingerprint density at radius 3 is 2.58 bits per heavy atom. The van der Waals surface area contributed by atoms with Crippen LogP contribution in [0.2, 0.25) is 0 Å². The first-order chi connectivity index (χ1) is 9.09. The smallest absolute Gasteiger partial charge is 0.233 e. The maximum atomic E-state index is 11.8. The van der Waals surface area contributed by atoms with Crippen LogP contribution in [0.1, 0.15) is 18.4 Å². The topological polar surface area (TPSA) is 32.3 Å². The predicted molar refractivity (Wildman–Crippen MR) is 83.7 cm³/mol. The molecule has 1 aromatic rings. The van der Waals surface area contributed by atoms with E-state index in [4.69, 9.17) is 0 Å². The fourth-order valence-corrected chi connectivity index (χ4v) is 2.11. The highest BCUT2D eigenvalue weighted by molar-refractivity contribution is 7.81. The number of nitrogens with zero attached hydrogens (tertiary/aromatic N) is 1. The molecule has 3 nitrogen and oxygen atoms in total. The number of amides is 1. The third-order valence-corrected chi connectivity index (χ3v) is 3.32. The average Bonchev–Trinajstić information content (AvgIpc) is 2.38. The molecule has 1 aromatic carbocycles. The number of hydrogen-bond donors (Lipinski definition) is 2. The van der Waals surface area contributed by atoms with Crippen molar-refractivity contribution in [3.63, 3.8) is 0 Å². The highest BCUT2D eigenvalue weighted by Gasteiger charge is 2.13. The van der Waals surface area contributed by atoms with Crippen molar-refractivity contribution in [2.24, 2.45) is 0 Å². The average molecular weight is 280 g/mol. The van der Waals surface area contributed by atoms with E-state index in [1.165, 1.54) is 0 Å². The Bertz CT molecular complexity index is 368. The van der Waals surface area contributed by atoms with Crippen LogP contribution < -0.4 is 5.32 Å². The van der Waals surface area contributed by atoms with E-state index >= 15 is 0 Å². The zero-order valence-corrected chi connectivity index (χ0v) is 12.7. The Balaban J connectivity index is 2.18. The fraction of sp³-hybridized carbons (Fsp3) is 0.533. The van der Waals surface area contributed by atoms with Crippen molar-refractivity contribution in [1.82, 2.24) is 10.2 Å². The number of thiol groups is 1. The van der Waals surface area contributed by atoms with E-state index in [2.05, 4.69) is 36.9 Å². The summed E-state index contributed by atoms with van der Waals surface area (Å²) in [6.07, 6.45) is 2.78. The fourth-order valence-electron chi connectivity index (χ4n) is 1.81. The minimum atomic E-state index is -0.267. The molecule has 0 aliphatic rings. The molecule has 1 unspecified atom stereocenters. The molecular formula is C15H24N2OS. The van der Waals surface area contributed by atoms with Crippen LogP contribution in [0.25, 0.3) is 0 Å². The third-order valence-electron chi connectivity index (χ3n) is 2.91. The molecule has 0 fully saturated rings. The van der Waals surface area contributed by atoms with Gasteiger partial charge in [-0.2, -0.15) is 12.6 Å². The minimum Gasteiger partial charge on any atom is -0.355 e. The molecule has 0 bridgehead atoms. The van der Waals surface area contributed by atoms with Gasteiger partial charge < -0.3 is 10.2 Å². The lowest BCUT2D eigenvalue weighted by Gasteiger charge is -2.12. The summed E-state index contributed by atoms with van der Waals surface area (Å²) in [4.78, 5) is 14.0. The van der Waals surface area contributed by atoms with Gasteiger partial charge >= 0.3 is 0 Å². The number of unbranched alkanes of at least 4 members (excludes halogenated alkanes) is 1. The second kappa shape index (κ2) is 8.99. The molecule has 1 N–H and O–H groups in total. The first-order valence-electron chi connectivity index (χ1n) is 6.74. The van der Waals surface area contributed by atoms with Gasteiger partial charge in [0.1, 0.15) is 0 Å². The highest BCUT2D eigenvalue weighted by Crippen LogP contribution is 2.07. The molecule has 0 radical (unpaired) electrons. The van der Waals surface area contributed by atoms with E-state index in [1.54, 1.807) is 0 Å². The van der Waals surface area contributed by atoms with Gasteiger partial charge in [-0.05, 0) is 45.5 Å². The van der Waals surface area contributed by atoms with Gasteiger partial charge in [-0.1, -0.05) is 30.3 Å². The number of carbonyl (C=O) groups is 1. The van der Waals surface area contributed by atoms with Gasteiger partial charge in [0, 0.05) is 6.54 Å². The van der Waals surface area contributed by atoms with Crippen molar-refractivity contribution < 1.29 is 4.79 Å². The summed E-state index contributed by atoms with van der Waals surface area (Å²) in [7, 11) is 4.12. The predicted octanol–water partition coefficient (Wildman–Crippen LogP) is 1.99. The van der Waals surface area contributed by atoms with E-state index in [-0.39, 0.29) is 11.2 Å². The summed E-state index contributed by atoms with van der Waals surface area (Å²) >= 11 is 4.37. The molecule has 1 amide bonds. The lowest BCUT2D eigenvalue weighted by Crippen LogP contribution is -2.33. The summed E-state index contributed by atoms with van der Waals surface area (Å²) < 4.78 is 0. The lowest BCUT2D eigenvalue weighted by molar-refractivity contribution is -0.120. The maximum absolute atomic E-state index is 11.8. The van der Waals surface area contributed by atoms with Gasteiger partial charge in [-0.15, -0.1) is 0 Å². The van der Waals surface area contributed by atoms with E-state index in [9.17, 15) is 4.79 Å². The number of carbonyl (C=O) groups excluding carboxylic acids is 1. The Kier molecular flexibility index (Phi) is 7.60. The molecule has 1 rings (SSSR count). The maximum Gasteiger partial charge on any atom is 0.233 e. The van der Waals surface area contributed by atoms with Gasteiger partial charge in [0.05, 0.1) is 5.25 Å². The molecule has 0 spiro atoms. The van der Waals surface area contributed by atoms with Crippen LogP contribution >= 0.6 is 12.6 Å². The van der Waals surface area contributed by atoms with Gasteiger partial charge in [0.25, 0.3) is 0 Å². The van der Waals surface area contributed by atoms with Gasteiger partial charge in [0.2, 0.25) is 5.91 Å². The van der Waals surface area contributed by atoms with E-state index < -0.39 is 0 Å². The molecule has 1 atom stereocenters. The third kappa shape index (κ3) is 7.23. The Morgan fingerprint density at radius 1 is 1.26 bits per heavy atom. The van der Waals surface area contributed by atoms with E-state index in [0.717, 1.165) is 31.5 Å². The number of hydrogen-bond acceptors (Lipinski definition) is 3. The molecule has 19 heavy (non-hydrogen) atoms. The van der Waals surface area contributed by atoms with Crippen LogP contribution in [-0.4, -0.2) is 43.2 Å². The van der Waals surface area contributed by atoms with Crippen LogP contribution in [0, 0.1) is 0 Å². The van der Waals surface area contributed by atoms with Crippen molar-refractivity contribution in [1.29, 1.82) is 0 Å². The standard InChI is InChI=1S/C15H24N2OS/c1-17(2)11-7-6-10-16-15(18)14(19)12-13-8-4-3-5-9-13/h3-5,8-9,14,19H,6-7,10-12H2,1-2H3,(H,16,18). The number of nitrogens with one attached hydrogen (secondary N) is 1. The Hall–Kier alpha value is -1.00. The summed E-state index contributed by atoms with van der Waals surface area (Å²) in [5.74, 6) is 0.0250. The van der Waals surface area contributed by atoms with Gasteiger partial charge in [0.15, 0.2) is 0 Å². The zero-order valence-electron chi connectivity index (χ0n) is 11.8. The van der Waals surface area contributed by atoms with Crippen molar-refractivity contribution in [3.8, 4) is 0 Å². The van der Waals surface area contributed by atoms with E-state index in [0.29, 0.717) is 6.42 Å². The quantitative estimate of drug-likeness (QED) is 0.564. The SMILES string of the molecule is CN(C)CCCCNC(=O)C(S)Cc1ccccc1. The van der Waals surface area contributed by atoms with Crippen LogP contribution in [-0.2, 0) is 11.2 Å². The van der Waals surface area contributed by atoms with Crippen molar-refractivity contribution in [2.75, 3.05) is 27.2 Å². The van der Waals surface area contributed by atoms with Crippen LogP contribution in [0.4, 0.5) is 0 Å². The van der Waals surface area contributed by atoms with Crippen molar-refractivity contribution in [3.05, 3.63) is 35.9 Å². The molecule has 4 heteroatoms. The van der Waals surface area contributed by atoms with E-state index in [1.807, 2.05) is 30.3 Å². The zero-order chi connectivity index (χ0) is 14.1. The molecular weight excluding hydrogens is 256 g/mol. The number of rotatable bonds is 8. The van der Waals surface area contributed by atoms with Crippen molar-refractivity contribution >= 4 is 18.5 Å². The van der Waals surface area contributed by atoms with Crippen molar-refractivity contribution in [2.45, 2.75) is 24.5 Å². The molecule has 0 saturated carbocycles. The van der Waals surface area contributed by atoms with Crippen LogP contribution in [0.5, 0.6) is 0 Å². The largest absolute Gasteiger partial charge is 0.355 e. The van der Waals surface area contributed by atoms with Crippen LogP contribution in [0.15, 0.2) is 30.3 Å². The Morgan fingerprint density at radius 2 is 1.95 bits per heavy atom. The summed E-state index contributed by atoms with van der Waals surface area (Å²) in [6, 6.07) is 9.98. The second-order valence-electron chi connectivity index (χ2n) is 5.01. The second-order valence-corrected chi connectivity index (χ2v) is 5.63.